The fourth-order valence-electron chi connectivity index (χ4n) is 2.78. The normalized spacial score (nSPS) is 26.5. The molecule has 1 aromatic rings. The standard InChI is InChI=1S/C15H22N2O2S/c1-8-5-6-12(7-9(8)2)20-14-13(15(18)19)10(3)16-11(4)17-14/h8-9,12H,5-7H2,1-4H3,(H,18,19). The Balaban J connectivity index is 2.23. The second kappa shape index (κ2) is 6.12. The summed E-state index contributed by atoms with van der Waals surface area (Å²) in [5.74, 6) is 1.17. The molecule has 0 amide bonds. The molecule has 2 rings (SSSR count). The van der Waals surface area contributed by atoms with Crippen LogP contribution in [0.3, 0.4) is 0 Å². The monoisotopic (exact) mass is 294 g/mol. The van der Waals surface area contributed by atoms with Crippen molar-refractivity contribution in [2.45, 2.75) is 57.2 Å². The van der Waals surface area contributed by atoms with Crippen LogP contribution in [-0.4, -0.2) is 26.3 Å². The minimum absolute atomic E-state index is 0.270. The molecule has 0 radical (unpaired) electrons. The Morgan fingerprint density at radius 1 is 1.20 bits per heavy atom. The molecule has 0 saturated heterocycles. The second-order valence-corrected chi connectivity index (χ2v) is 7.14. The van der Waals surface area contributed by atoms with Gasteiger partial charge in [-0.05, 0) is 44.9 Å². The molecule has 1 fully saturated rings. The van der Waals surface area contributed by atoms with Gasteiger partial charge in [-0.3, -0.25) is 0 Å². The van der Waals surface area contributed by atoms with Gasteiger partial charge in [0.05, 0.1) is 5.69 Å². The Morgan fingerprint density at radius 2 is 1.90 bits per heavy atom. The number of carboxylic acid groups (broad SMARTS) is 1. The van der Waals surface area contributed by atoms with Crippen LogP contribution in [0.2, 0.25) is 0 Å². The molecule has 1 heterocycles. The van der Waals surface area contributed by atoms with Gasteiger partial charge in [0.15, 0.2) is 0 Å². The zero-order valence-electron chi connectivity index (χ0n) is 12.5. The molecular formula is C15H22N2O2S. The summed E-state index contributed by atoms with van der Waals surface area (Å²) in [6.45, 7) is 8.14. The van der Waals surface area contributed by atoms with E-state index in [4.69, 9.17) is 0 Å². The highest BCUT2D eigenvalue weighted by molar-refractivity contribution is 7.99. The summed E-state index contributed by atoms with van der Waals surface area (Å²) >= 11 is 1.62. The SMILES string of the molecule is Cc1nc(C)c(C(=O)O)c(SC2CCC(C)C(C)C2)n1. The number of carbonyl (C=O) groups is 1. The van der Waals surface area contributed by atoms with Gasteiger partial charge in [0.2, 0.25) is 0 Å². The van der Waals surface area contributed by atoms with Gasteiger partial charge in [-0.15, -0.1) is 11.8 Å². The Morgan fingerprint density at radius 3 is 2.50 bits per heavy atom. The summed E-state index contributed by atoms with van der Waals surface area (Å²) in [7, 11) is 0. The van der Waals surface area contributed by atoms with Crippen molar-refractivity contribution in [3.05, 3.63) is 17.1 Å². The average molecular weight is 294 g/mol. The van der Waals surface area contributed by atoms with Crippen molar-refractivity contribution in [3.63, 3.8) is 0 Å². The highest BCUT2D eigenvalue weighted by atomic mass is 32.2. The molecule has 110 valence electrons. The predicted molar refractivity (Wildman–Crippen MR) is 80.3 cm³/mol. The van der Waals surface area contributed by atoms with Crippen molar-refractivity contribution >= 4 is 17.7 Å². The van der Waals surface area contributed by atoms with E-state index < -0.39 is 5.97 Å². The van der Waals surface area contributed by atoms with Crippen LogP contribution < -0.4 is 0 Å². The first-order valence-electron chi connectivity index (χ1n) is 7.13. The van der Waals surface area contributed by atoms with E-state index in [-0.39, 0.29) is 5.56 Å². The lowest BCUT2D eigenvalue weighted by Crippen LogP contribution is -2.23. The van der Waals surface area contributed by atoms with Crippen LogP contribution in [0.15, 0.2) is 5.03 Å². The maximum atomic E-state index is 11.4. The van der Waals surface area contributed by atoms with Gasteiger partial charge in [-0.2, -0.15) is 0 Å². The lowest BCUT2D eigenvalue weighted by Gasteiger charge is -2.31. The van der Waals surface area contributed by atoms with Crippen molar-refractivity contribution in [2.75, 3.05) is 0 Å². The quantitative estimate of drug-likeness (QED) is 0.861. The van der Waals surface area contributed by atoms with Crippen LogP contribution >= 0.6 is 11.8 Å². The van der Waals surface area contributed by atoms with E-state index >= 15 is 0 Å². The lowest BCUT2D eigenvalue weighted by atomic mass is 9.81. The Labute approximate surface area is 124 Å². The maximum Gasteiger partial charge on any atom is 0.340 e. The molecule has 3 unspecified atom stereocenters. The molecule has 0 spiro atoms. The van der Waals surface area contributed by atoms with Gasteiger partial charge in [0, 0.05) is 5.25 Å². The number of hydrogen-bond acceptors (Lipinski definition) is 4. The van der Waals surface area contributed by atoms with Crippen LogP contribution in [0.25, 0.3) is 0 Å². The van der Waals surface area contributed by atoms with E-state index in [9.17, 15) is 9.90 Å². The highest BCUT2D eigenvalue weighted by Gasteiger charge is 2.27. The first-order chi connectivity index (χ1) is 9.38. The number of carboxylic acids is 1. The largest absolute Gasteiger partial charge is 0.478 e. The van der Waals surface area contributed by atoms with Crippen LogP contribution in [0.5, 0.6) is 0 Å². The third-order valence-corrected chi connectivity index (χ3v) is 5.49. The number of hydrogen-bond donors (Lipinski definition) is 1. The molecule has 1 aliphatic carbocycles. The fraction of sp³-hybridized carbons (Fsp3) is 0.667. The summed E-state index contributed by atoms with van der Waals surface area (Å²) in [6, 6.07) is 0. The van der Waals surface area contributed by atoms with Crippen LogP contribution in [-0.2, 0) is 0 Å². The minimum Gasteiger partial charge on any atom is -0.478 e. The molecule has 1 N–H and O–H groups in total. The number of rotatable bonds is 3. The molecule has 1 saturated carbocycles. The van der Waals surface area contributed by atoms with E-state index in [0.717, 1.165) is 18.8 Å². The van der Waals surface area contributed by atoms with Gasteiger partial charge < -0.3 is 5.11 Å². The maximum absolute atomic E-state index is 11.4. The van der Waals surface area contributed by atoms with E-state index in [1.807, 2.05) is 6.92 Å². The summed E-state index contributed by atoms with van der Waals surface area (Å²) in [5, 5.41) is 10.5. The molecule has 0 bridgehead atoms. The van der Waals surface area contributed by atoms with Crippen LogP contribution in [0, 0.1) is 25.7 Å². The van der Waals surface area contributed by atoms with E-state index in [1.165, 1.54) is 6.42 Å². The molecule has 3 atom stereocenters. The van der Waals surface area contributed by atoms with Crippen molar-refractivity contribution < 1.29 is 9.90 Å². The highest BCUT2D eigenvalue weighted by Crippen LogP contribution is 2.39. The first-order valence-corrected chi connectivity index (χ1v) is 8.01. The number of aryl methyl sites for hydroxylation is 2. The molecule has 5 heteroatoms. The van der Waals surface area contributed by atoms with Gasteiger partial charge in [0.1, 0.15) is 16.4 Å². The summed E-state index contributed by atoms with van der Waals surface area (Å²) in [6.07, 6.45) is 3.48. The summed E-state index contributed by atoms with van der Waals surface area (Å²) in [5.41, 5.74) is 0.830. The zero-order chi connectivity index (χ0) is 14.9. The molecule has 1 aromatic heterocycles. The van der Waals surface area contributed by atoms with Crippen LogP contribution in [0.1, 0.15) is 55.0 Å². The second-order valence-electron chi connectivity index (χ2n) is 5.85. The number of thioether (sulfide) groups is 1. The Kier molecular flexibility index (Phi) is 4.68. The van der Waals surface area contributed by atoms with E-state index in [0.29, 0.717) is 27.7 Å². The van der Waals surface area contributed by atoms with Gasteiger partial charge in [-0.25, -0.2) is 14.8 Å². The zero-order valence-corrected chi connectivity index (χ0v) is 13.3. The van der Waals surface area contributed by atoms with Gasteiger partial charge in [-0.1, -0.05) is 13.8 Å². The number of aromatic nitrogens is 2. The molecule has 0 aliphatic heterocycles. The summed E-state index contributed by atoms with van der Waals surface area (Å²) in [4.78, 5) is 20.0. The van der Waals surface area contributed by atoms with Crippen LogP contribution in [0.4, 0.5) is 0 Å². The Hall–Kier alpha value is -1.10. The van der Waals surface area contributed by atoms with E-state index in [2.05, 4.69) is 23.8 Å². The summed E-state index contributed by atoms with van der Waals surface area (Å²) < 4.78 is 0. The molecule has 4 nitrogen and oxygen atoms in total. The van der Waals surface area contributed by atoms with Crippen molar-refractivity contribution in [2.24, 2.45) is 11.8 Å². The topological polar surface area (TPSA) is 63.1 Å². The van der Waals surface area contributed by atoms with Crippen molar-refractivity contribution in [1.82, 2.24) is 9.97 Å². The fourth-order valence-corrected chi connectivity index (χ4v) is 4.28. The molecule has 1 aliphatic rings. The third kappa shape index (κ3) is 3.32. The number of nitrogens with zero attached hydrogens (tertiary/aromatic N) is 2. The predicted octanol–water partition coefficient (Wildman–Crippen LogP) is 3.71. The first kappa shape index (κ1) is 15.3. The number of aromatic carboxylic acids is 1. The molecule has 20 heavy (non-hydrogen) atoms. The van der Waals surface area contributed by atoms with Crippen molar-refractivity contribution in [1.29, 1.82) is 0 Å². The van der Waals surface area contributed by atoms with Crippen molar-refractivity contribution in [3.8, 4) is 0 Å². The van der Waals surface area contributed by atoms with E-state index in [1.54, 1.807) is 18.7 Å². The average Bonchev–Trinajstić information content (AvgIpc) is 2.32. The molecule has 0 aromatic carbocycles. The Bertz CT molecular complexity index is 519. The van der Waals surface area contributed by atoms with Gasteiger partial charge in [0.25, 0.3) is 0 Å². The third-order valence-electron chi connectivity index (χ3n) is 4.21. The molecular weight excluding hydrogens is 272 g/mol. The smallest absolute Gasteiger partial charge is 0.340 e. The van der Waals surface area contributed by atoms with Gasteiger partial charge >= 0.3 is 5.97 Å². The lowest BCUT2D eigenvalue weighted by molar-refractivity contribution is 0.0690. The minimum atomic E-state index is -0.928.